The van der Waals surface area contributed by atoms with Gasteiger partial charge in [0.15, 0.2) is 0 Å². The van der Waals surface area contributed by atoms with Crippen LogP contribution >= 0.6 is 0 Å². The number of nitrogens with zero attached hydrogens (tertiary/aromatic N) is 1. The molecular weight excluding hydrogens is 380 g/mol. The minimum Gasteiger partial charge on any atom is -0.370 e. The topological polar surface area (TPSA) is 105 Å². The minimum atomic E-state index is -0.246. The number of carbonyl (C=O) groups excluding carboxylic acids is 3. The number of rotatable bonds is 6. The average molecular weight is 406 g/mol. The molecule has 1 saturated heterocycles. The molecule has 2 aromatic rings. The van der Waals surface area contributed by atoms with E-state index in [9.17, 15) is 14.4 Å². The van der Waals surface area contributed by atoms with Crippen LogP contribution in [0.4, 0.5) is 11.4 Å². The Kier molecular flexibility index (Phi) is 6.85. The number of hydrogen-bond acceptors (Lipinski definition) is 4. The Morgan fingerprint density at radius 3 is 2.33 bits per heavy atom. The van der Waals surface area contributed by atoms with Gasteiger partial charge in [-0.25, -0.2) is 0 Å². The quantitative estimate of drug-likeness (QED) is 0.641. The third-order valence-corrected chi connectivity index (χ3v) is 5.23. The monoisotopic (exact) mass is 406 g/mol. The summed E-state index contributed by atoms with van der Waals surface area (Å²) in [6.45, 7) is 1.43. The third-order valence-electron chi connectivity index (χ3n) is 5.23. The maximum Gasteiger partial charge on any atom is 0.251 e. The van der Waals surface area contributed by atoms with Gasteiger partial charge in [-0.05, 0) is 48.7 Å². The van der Waals surface area contributed by atoms with Crippen molar-refractivity contribution < 1.29 is 14.4 Å². The van der Waals surface area contributed by atoms with Crippen molar-refractivity contribution >= 4 is 35.2 Å². The summed E-state index contributed by atoms with van der Waals surface area (Å²) in [6, 6.07) is 14.6. The highest BCUT2D eigenvalue weighted by molar-refractivity contribution is 6.04. The summed E-state index contributed by atoms with van der Waals surface area (Å²) in [5.41, 5.74) is 8.45. The number of anilines is 2. The highest BCUT2D eigenvalue weighted by Gasteiger charge is 2.24. The van der Waals surface area contributed by atoms with Crippen molar-refractivity contribution in [1.29, 1.82) is 0 Å². The smallest absolute Gasteiger partial charge is 0.251 e. The normalized spacial score (nSPS) is 14.5. The predicted molar refractivity (Wildman–Crippen MR) is 118 cm³/mol. The summed E-state index contributed by atoms with van der Waals surface area (Å²) >= 11 is 0. The molecule has 0 saturated carbocycles. The van der Waals surface area contributed by atoms with Crippen LogP contribution in [-0.4, -0.2) is 37.9 Å². The van der Waals surface area contributed by atoms with E-state index in [0.29, 0.717) is 31.5 Å². The van der Waals surface area contributed by atoms with Crippen molar-refractivity contribution in [3.63, 3.8) is 0 Å². The number of carbonyl (C=O) groups is 3. The Balaban J connectivity index is 1.64. The SMILES string of the molecule is CNC(=O)c1ccc(/C=C/C(=O)Nc2ccccc2N2CCC(C(N)=O)CC2)cc1. The van der Waals surface area contributed by atoms with Gasteiger partial charge in [0, 0.05) is 37.7 Å². The summed E-state index contributed by atoms with van der Waals surface area (Å²) in [5.74, 6) is -0.727. The molecule has 1 heterocycles. The van der Waals surface area contributed by atoms with Crippen LogP contribution in [0.1, 0.15) is 28.8 Å². The van der Waals surface area contributed by atoms with Crippen LogP contribution in [-0.2, 0) is 9.59 Å². The molecule has 4 N–H and O–H groups in total. The van der Waals surface area contributed by atoms with Crippen molar-refractivity contribution in [3.05, 3.63) is 65.7 Å². The van der Waals surface area contributed by atoms with Crippen molar-refractivity contribution in [2.75, 3.05) is 30.4 Å². The van der Waals surface area contributed by atoms with E-state index in [4.69, 9.17) is 5.73 Å². The van der Waals surface area contributed by atoms with Gasteiger partial charge in [0.2, 0.25) is 11.8 Å². The number of primary amides is 1. The molecule has 0 radical (unpaired) electrons. The Morgan fingerprint density at radius 1 is 1.03 bits per heavy atom. The van der Waals surface area contributed by atoms with E-state index in [0.717, 1.165) is 16.9 Å². The van der Waals surface area contributed by atoms with Gasteiger partial charge in [0.1, 0.15) is 0 Å². The molecule has 0 bridgehead atoms. The number of nitrogens with one attached hydrogen (secondary N) is 2. The van der Waals surface area contributed by atoms with E-state index in [2.05, 4.69) is 15.5 Å². The lowest BCUT2D eigenvalue weighted by Crippen LogP contribution is -2.38. The zero-order chi connectivity index (χ0) is 21.5. The molecule has 0 aromatic heterocycles. The van der Waals surface area contributed by atoms with Crippen molar-refractivity contribution in [3.8, 4) is 0 Å². The zero-order valence-electron chi connectivity index (χ0n) is 16.9. The van der Waals surface area contributed by atoms with Gasteiger partial charge in [0.05, 0.1) is 11.4 Å². The van der Waals surface area contributed by atoms with E-state index < -0.39 is 0 Å². The first-order chi connectivity index (χ1) is 14.5. The van der Waals surface area contributed by atoms with Gasteiger partial charge in [-0.1, -0.05) is 24.3 Å². The number of amides is 3. The van der Waals surface area contributed by atoms with E-state index in [1.807, 2.05) is 24.3 Å². The summed E-state index contributed by atoms with van der Waals surface area (Å²) in [6.07, 6.45) is 4.59. The van der Waals surface area contributed by atoms with Crippen LogP contribution in [0.5, 0.6) is 0 Å². The largest absolute Gasteiger partial charge is 0.370 e. The number of hydrogen-bond donors (Lipinski definition) is 3. The molecule has 7 nitrogen and oxygen atoms in total. The average Bonchev–Trinajstić information content (AvgIpc) is 2.78. The fourth-order valence-corrected chi connectivity index (χ4v) is 3.50. The molecule has 0 unspecified atom stereocenters. The molecule has 30 heavy (non-hydrogen) atoms. The maximum atomic E-state index is 12.4. The van der Waals surface area contributed by atoms with Crippen molar-refractivity contribution in [2.45, 2.75) is 12.8 Å². The first-order valence-electron chi connectivity index (χ1n) is 9.92. The van der Waals surface area contributed by atoms with Crippen molar-refractivity contribution in [1.82, 2.24) is 5.32 Å². The van der Waals surface area contributed by atoms with E-state index in [1.54, 1.807) is 37.4 Å². The lowest BCUT2D eigenvalue weighted by Gasteiger charge is -2.33. The van der Waals surface area contributed by atoms with Gasteiger partial charge < -0.3 is 21.3 Å². The zero-order valence-corrected chi connectivity index (χ0v) is 16.9. The molecule has 156 valence electrons. The molecule has 0 aliphatic carbocycles. The van der Waals surface area contributed by atoms with E-state index in [-0.39, 0.29) is 23.6 Å². The van der Waals surface area contributed by atoms with Gasteiger partial charge in [-0.3, -0.25) is 14.4 Å². The van der Waals surface area contributed by atoms with Crippen LogP contribution in [0.15, 0.2) is 54.6 Å². The first kappa shape index (κ1) is 21.1. The van der Waals surface area contributed by atoms with Crippen LogP contribution in [0.2, 0.25) is 0 Å². The molecule has 1 aliphatic heterocycles. The van der Waals surface area contributed by atoms with E-state index in [1.165, 1.54) is 6.08 Å². The highest BCUT2D eigenvalue weighted by atomic mass is 16.2. The van der Waals surface area contributed by atoms with Gasteiger partial charge >= 0.3 is 0 Å². The molecule has 2 aromatic carbocycles. The highest BCUT2D eigenvalue weighted by Crippen LogP contribution is 2.29. The number of nitrogens with two attached hydrogens (primary N) is 1. The van der Waals surface area contributed by atoms with Crippen LogP contribution in [0, 0.1) is 5.92 Å². The summed E-state index contributed by atoms with van der Waals surface area (Å²) in [7, 11) is 1.58. The lowest BCUT2D eigenvalue weighted by molar-refractivity contribution is -0.122. The van der Waals surface area contributed by atoms with Gasteiger partial charge in [0.25, 0.3) is 5.91 Å². The number of piperidine rings is 1. The third kappa shape index (κ3) is 5.26. The summed E-state index contributed by atoms with van der Waals surface area (Å²) < 4.78 is 0. The molecule has 0 atom stereocenters. The van der Waals surface area contributed by atoms with Crippen LogP contribution in [0.25, 0.3) is 6.08 Å². The Hall–Kier alpha value is -3.61. The second-order valence-corrected chi connectivity index (χ2v) is 7.20. The molecule has 0 spiro atoms. The summed E-state index contributed by atoms with van der Waals surface area (Å²) in [4.78, 5) is 37.6. The second kappa shape index (κ2) is 9.73. The molecule has 3 rings (SSSR count). The van der Waals surface area contributed by atoms with Crippen molar-refractivity contribution in [2.24, 2.45) is 11.7 Å². The molecule has 1 aliphatic rings. The molecular formula is C23H26N4O3. The van der Waals surface area contributed by atoms with Gasteiger partial charge in [-0.2, -0.15) is 0 Å². The lowest BCUT2D eigenvalue weighted by atomic mass is 9.96. The molecule has 7 heteroatoms. The number of benzene rings is 2. The fourth-order valence-electron chi connectivity index (χ4n) is 3.50. The maximum absolute atomic E-state index is 12.4. The van der Waals surface area contributed by atoms with Crippen LogP contribution in [0.3, 0.4) is 0 Å². The fraction of sp³-hybridized carbons (Fsp3) is 0.261. The molecule has 3 amide bonds. The molecule has 1 fully saturated rings. The Morgan fingerprint density at radius 2 is 1.70 bits per heavy atom. The Bertz CT molecular complexity index is 945. The van der Waals surface area contributed by atoms with Crippen LogP contribution < -0.4 is 21.3 Å². The van der Waals surface area contributed by atoms with Gasteiger partial charge in [-0.15, -0.1) is 0 Å². The predicted octanol–water partition coefficient (Wildman–Crippen LogP) is 2.40. The second-order valence-electron chi connectivity index (χ2n) is 7.20. The minimum absolute atomic E-state index is 0.0827. The first-order valence-corrected chi connectivity index (χ1v) is 9.92. The summed E-state index contributed by atoms with van der Waals surface area (Å²) in [5, 5.41) is 5.50. The Labute approximate surface area is 175 Å². The standard InChI is InChI=1S/C23H26N4O3/c1-25-23(30)18-9-6-16(7-10-18)8-11-21(28)26-19-4-2-3-5-20(19)27-14-12-17(13-15-27)22(24)29/h2-11,17H,12-15H2,1H3,(H2,24,29)(H,25,30)(H,26,28)/b11-8+. The number of para-hydroxylation sites is 2. The van der Waals surface area contributed by atoms with E-state index >= 15 is 0 Å².